The van der Waals surface area contributed by atoms with Crippen LogP contribution in [0.25, 0.3) is 0 Å². The molecule has 0 aliphatic heterocycles. The minimum Gasteiger partial charge on any atom is -0.343 e. The van der Waals surface area contributed by atoms with Crippen LogP contribution in [0.3, 0.4) is 0 Å². The highest BCUT2D eigenvalue weighted by Crippen LogP contribution is 2.36. The molecule has 1 aliphatic rings. The molecule has 1 heterocycles. The molecule has 0 bridgehead atoms. The SMILES string of the molecule is Cc1ccsc1[C@@H](NC(=O)[C@H](CC(C)C)NC1(C#N)CC1)c1ccc(Br)cc1. The van der Waals surface area contributed by atoms with Crippen LogP contribution in [0.15, 0.2) is 40.2 Å². The molecule has 4 nitrogen and oxygen atoms in total. The molecule has 0 saturated heterocycles. The molecule has 1 aromatic heterocycles. The van der Waals surface area contributed by atoms with Crippen LogP contribution in [0, 0.1) is 24.2 Å². The molecule has 1 saturated carbocycles. The second-order valence-corrected chi connectivity index (χ2v) is 9.84. The van der Waals surface area contributed by atoms with E-state index < -0.39 is 5.54 Å². The topological polar surface area (TPSA) is 64.9 Å². The Bertz CT molecular complexity index is 865. The molecule has 3 rings (SSSR count). The number of halogens is 1. The van der Waals surface area contributed by atoms with Crippen molar-refractivity contribution in [2.45, 2.75) is 57.7 Å². The summed E-state index contributed by atoms with van der Waals surface area (Å²) < 4.78 is 1.01. The summed E-state index contributed by atoms with van der Waals surface area (Å²) in [5, 5.41) is 18.1. The number of rotatable bonds is 8. The number of nitrogens with one attached hydrogen (secondary N) is 2. The first-order chi connectivity index (χ1) is 13.3. The van der Waals surface area contributed by atoms with Crippen LogP contribution in [-0.2, 0) is 4.79 Å². The van der Waals surface area contributed by atoms with Gasteiger partial charge >= 0.3 is 0 Å². The van der Waals surface area contributed by atoms with Gasteiger partial charge < -0.3 is 5.32 Å². The maximum atomic E-state index is 13.3. The van der Waals surface area contributed by atoms with Gasteiger partial charge in [-0.15, -0.1) is 11.3 Å². The third-order valence-corrected chi connectivity index (χ3v) is 6.70. The van der Waals surface area contributed by atoms with Gasteiger partial charge in [0, 0.05) is 9.35 Å². The highest BCUT2D eigenvalue weighted by atomic mass is 79.9. The first kappa shape index (κ1) is 21.0. The van der Waals surface area contributed by atoms with Crippen LogP contribution < -0.4 is 10.6 Å². The van der Waals surface area contributed by atoms with Gasteiger partial charge in [0.2, 0.25) is 5.91 Å². The molecule has 2 aromatic rings. The maximum absolute atomic E-state index is 13.3. The van der Waals surface area contributed by atoms with Crippen molar-refractivity contribution in [2.24, 2.45) is 5.92 Å². The number of amides is 1. The van der Waals surface area contributed by atoms with E-state index in [4.69, 9.17) is 0 Å². The number of nitrogens with zero attached hydrogens (tertiary/aromatic N) is 1. The van der Waals surface area contributed by atoms with Crippen LogP contribution in [0.4, 0.5) is 0 Å². The minimum atomic E-state index is -0.525. The molecule has 1 aromatic carbocycles. The molecule has 0 radical (unpaired) electrons. The molecular weight excluding hydrogens is 434 g/mol. The second kappa shape index (κ2) is 8.77. The molecule has 6 heteroatoms. The third kappa shape index (κ3) is 5.02. The number of thiophene rings is 1. The number of benzene rings is 1. The Hall–Kier alpha value is -1.68. The van der Waals surface area contributed by atoms with Gasteiger partial charge in [0.15, 0.2) is 0 Å². The molecule has 2 N–H and O–H groups in total. The zero-order valence-electron chi connectivity index (χ0n) is 16.5. The Balaban J connectivity index is 1.85. The molecule has 1 aliphatic carbocycles. The summed E-state index contributed by atoms with van der Waals surface area (Å²) in [5.41, 5.74) is 1.69. The minimum absolute atomic E-state index is 0.0454. The average Bonchev–Trinajstić information content (AvgIpc) is 3.31. The normalized spacial score (nSPS) is 17.0. The van der Waals surface area contributed by atoms with Crippen LogP contribution in [0.1, 0.15) is 55.2 Å². The Morgan fingerprint density at radius 3 is 2.46 bits per heavy atom. The van der Waals surface area contributed by atoms with Crippen molar-refractivity contribution in [1.29, 1.82) is 5.26 Å². The highest BCUT2D eigenvalue weighted by Gasteiger charge is 2.46. The van der Waals surface area contributed by atoms with Gasteiger partial charge in [-0.05, 0) is 66.8 Å². The van der Waals surface area contributed by atoms with Crippen molar-refractivity contribution < 1.29 is 4.79 Å². The van der Waals surface area contributed by atoms with Crippen LogP contribution >= 0.6 is 27.3 Å². The Labute approximate surface area is 179 Å². The predicted octanol–water partition coefficient (Wildman–Crippen LogP) is 5.09. The fourth-order valence-corrected chi connectivity index (χ4v) is 4.60. The van der Waals surface area contributed by atoms with Gasteiger partial charge in [-0.25, -0.2) is 0 Å². The summed E-state index contributed by atoms with van der Waals surface area (Å²) in [5.74, 6) is 0.309. The summed E-state index contributed by atoms with van der Waals surface area (Å²) in [6, 6.07) is 11.9. The van der Waals surface area contributed by atoms with Crippen LogP contribution in [0.5, 0.6) is 0 Å². The number of hydrogen-bond donors (Lipinski definition) is 2. The fourth-order valence-electron chi connectivity index (χ4n) is 3.33. The zero-order valence-corrected chi connectivity index (χ0v) is 18.9. The molecule has 0 spiro atoms. The lowest BCUT2D eigenvalue weighted by molar-refractivity contribution is -0.124. The highest BCUT2D eigenvalue weighted by molar-refractivity contribution is 9.10. The molecule has 0 unspecified atom stereocenters. The standard InChI is InChI=1S/C22H26BrN3OS/c1-14(2)12-18(26-22(13-24)9-10-22)21(27)25-19(20-15(3)8-11-28-20)16-4-6-17(23)7-5-16/h4-8,11,14,18-19,26H,9-10,12H2,1-3H3,(H,25,27)/t18-,19-/m0/s1. The molecular formula is C22H26BrN3OS. The van der Waals surface area contributed by atoms with E-state index in [0.29, 0.717) is 12.3 Å². The van der Waals surface area contributed by atoms with E-state index in [1.54, 1.807) is 11.3 Å². The van der Waals surface area contributed by atoms with Gasteiger partial charge in [-0.2, -0.15) is 5.26 Å². The van der Waals surface area contributed by atoms with E-state index in [1.807, 2.05) is 24.3 Å². The number of carbonyl (C=O) groups is 1. The van der Waals surface area contributed by atoms with Crippen molar-refractivity contribution in [1.82, 2.24) is 10.6 Å². The largest absolute Gasteiger partial charge is 0.343 e. The first-order valence-corrected chi connectivity index (χ1v) is 11.3. The van der Waals surface area contributed by atoms with Crippen molar-refractivity contribution in [2.75, 3.05) is 0 Å². The van der Waals surface area contributed by atoms with E-state index in [1.165, 1.54) is 5.56 Å². The first-order valence-electron chi connectivity index (χ1n) is 9.62. The van der Waals surface area contributed by atoms with Gasteiger partial charge in [0.25, 0.3) is 0 Å². The van der Waals surface area contributed by atoms with Crippen molar-refractivity contribution in [3.8, 4) is 6.07 Å². The zero-order chi connectivity index (χ0) is 20.3. The van der Waals surface area contributed by atoms with Crippen LogP contribution in [-0.4, -0.2) is 17.5 Å². The summed E-state index contributed by atoms with van der Waals surface area (Å²) in [6.07, 6.45) is 2.32. The number of nitriles is 1. The summed E-state index contributed by atoms with van der Waals surface area (Å²) >= 11 is 5.14. The smallest absolute Gasteiger partial charge is 0.237 e. The molecule has 2 atom stereocenters. The fraction of sp³-hybridized carbons (Fsp3) is 0.455. The lowest BCUT2D eigenvalue weighted by atomic mass is 9.99. The van der Waals surface area contributed by atoms with E-state index in [0.717, 1.165) is 27.8 Å². The molecule has 148 valence electrons. The van der Waals surface area contributed by atoms with Crippen molar-refractivity contribution >= 4 is 33.2 Å². The van der Waals surface area contributed by atoms with Gasteiger partial charge in [0.1, 0.15) is 5.54 Å². The van der Waals surface area contributed by atoms with E-state index >= 15 is 0 Å². The Kier molecular flexibility index (Phi) is 6.59. The Morgan fingerprint density at radius 1 is 1.29 bits per heavy atom. The van der Waals surface area contributed by atoms with E-state index in [9.17, 15) is 10.1 Å². The predicted molar refractivity (Wildman–Crippen MR) is 117 cm³/mol. The lowest BCUT2D eigenvalue weighted by Gasteiger charge is -2.26. The lowest BCUT2D eigenvalue weighted by Crippen LogP contribution is -2.50. The van der Waals surface area contributed by atoms with Crippen molar-refractivity contribution in [3.05, 3.63) is 56.2 Å². The van der Waals surface area contributed by atoms with E-state index in [2.05, 4.69) is 64.9 Å². The third-order valence-electron chi connectivity index (χ3n) is 5.09. The van der Waals surface area contributed by atoms with Gasteiger partial charge in [-0.3, -0.25) is 10.1 Å². The number of carbonyl (C=O) groups excluding carboxylic acids is 1. The van der Waals surface area contributed by atoms with Gasteiger partial charge in [-0.1, -0.05) is 41.9 Å². The summed E-state index contributed by atoms with van der Waals surface area (Å²) in [4.78, 5) is 14.4. The summed E-state index contributed by atoms with van der Waals surface area (Å²) in [6.45, 7) is 6.27. The number of hydrogen-bond acceptors (Lipinski definition) is 4. The summed E-state index contributed by atoms with van der Waals surface area (Å²) in [7, 11) is 0. The average molecular weight is 460 g/mol. The van der Waals surface area contributed by atoms with E-state index in [-0.39, 0.29) is 18.0 Å². The Morgan fingerprint density at radius 2 is 1.96 bits per heavy atom. The molecule has 1 fully saturated rings. The quantitative estimate of drug-likeness (QED) is 0.577. The number of aryl methyl sites for hydroxylation is 1. The maximum Gasteiger partial charge on any atom is 0.237 e. The van der Waals surface area contributed by atoms with Gasteiger partial charge in [0.05, 0.1) is 18.2 Å². The van der Waals surface area contributed by atoms with Crippen LogP contribution in [0.2, 0.25) is 0 Å². The van der Waals surface area contributed by atoms with Crippen molar-refractivity contribution in [3.63, 3.8) is 0 Å². The molecule has 28 heavy (non-hydrogen) atoms. The monoisotopic (exact) mass is 459 g/mol. The second-order valence-electron chi connectivity index (χ2n) is 7.98. The molecule has 1 amide bonds.